The standard InChI is InChI=1S/C15H9ClN2O/c16-14-6-5-11(8-18-14)15(19)12-7-10-3-1-2-4-13(10)17-9-12/h1-9H. The van der Waals surface area contributed by atoms with Gasteiger partial charge in [0.05, 0.1) is 5.52 Å². The topological polar surface area (TPSA) is 42.9 Å². The van der Waals surface area contributed by atoms with Crippen LogP contribution in [0.2, 0.25) is 5.15 Å². The van der Waals surface area contributed by atoms with Crippen LogP contribution in [0.1, 0.15) is 15.9 Å². The fraction of sp³-hybridized carbons (Fsp3) is 0. The minimum absolute atomic E-state index is 0.109. The number of aromatic nitrogens is 2. The van der Waals surface area contributed by atoms with Crippen molar-refractivity contribution in [2.24, 2.45) is 0 Å². The number of carbonyl (C=O) groups excluding carboxylic acids is 1. The molecule has 0 aliphatic rings. The van der Waals surface area contributed by atoms with Crippen LogP contribution in [0.5, 0.6) is 0 Å². The monoisotopic (exact) mass is 268 g/mol. The summed E-state index contributed by atoms with van der Waals surface area (Å²) in [6.07, 6.45) is 3.05. The molecule has 1 aromatic carbocycles. The van der Waals surface area contributed by atoms with Crippen LogP contribution < -0.4 is 0 Å². The van der Waals surface area contributed by atoms with Gasteiger partial charge < -0.3 is 0 Å². The zero-order chi connectivity index (χ0) is 13.2. The summed E-state index contributed by atoms with van der Waals surface area (Å²) in [4.78, 5) is 20.5. The molecule has 4 heteroatoms. The number of halogens is 1. The molecule has 0 amide bonds. The first-order valence-corrected chi connectivity index (χ1v) is 6.13. The first-order chi connectivity index (χ1) is 9.24. The largest absolute Gasteiger partial charge is 0.288 e. The number of carbonyl (C=O) groups is 1. The van der Waals surface area contributed by atoms with Crippen molar-refractivity contribution >= 4 is 28.3 Å². The van der Waals surface area contributed by atoms with Gasteiger partial charge in [-0.25, -0.2) is 4.98 Å². The van der Waals surface area contributed by atoms with Gasteiger partial charge in [-0.3, -0.25) is 9.78 Å². The molecule has 3 nitrogen and oxygen atoms in total. The minimum Gasteiger partial charge on any atom is -0.288 e. The number of ketones is 1. The van der Waals surface area contributed by atoms with Crippen molar-refractivity contribution in [3.05, 3.63) is 71.1 Å². The number of fused-ring (bicyclic) bond motifs is 1. The maximum atomic E-state index is 12.3. The van der Waals surface area contributed by atoms with E-state index in [1.165, 1.54) is 6.20 Å². The molecular formula is C15H9ClN2O. The van der Waals surface area contributed by atoms with Gasteiger partial charge in [0, 0.05) is 28.9 Å². The lowest BCUT2D eigenvalue weighted by Crippen LogP contribution is -2.02. The highest BCUT2D eigenvalue weighted by atomic mass is 35.5. The molecule has 0 fully saturated rings. The molecule has 2 aromatic heterocycles. The van der Waals surface area contributed by atoms with Crippen molar-refractivity contribution in [3.63, 3.8) is 0 Å². The van der Waals surface area contributed by atoms with Crippen LogP contribution in [0.15, 0.2) is 54.9 Å². The predicted molar refractivity (Wildman–Crippen MR) is 74.4 cm³/mol. The molecular weight excluding hydrogens is 260 g/mol. The fourth-order valence-corrected chi connectivity index (χ4v) is 1.98. The Bertz CT molecular complexity index is 753. The predicted octanol–water partition coefficient (Wildman–Crippen LogP) is 3.51. The van der Waals surface area contributed by atoms with E-state index in [2.05, 4.69) is 9.97 Å². The van der Waals surface area contributed by atoms with Crippen molar-refractivity contribution in [2.45, 2.75) is 0 Å². The van der Waals surface area contributed by atoms with Crippen LogP contribution in [0.3, 0.4) is 0 Å². The quantitative estimate of drug-likeness (QED) is 0.528. The Morgan fingerprint density at radius 1 is 0.947 bits per heavy atom. The third kappa shape index (κ3) is 2.33. The number of hydrogen-bond acceptors (Lipinski definition) is 3. The van der Waals surface area contributed by atoms with Crippen LogP contribution in [-0.2, 0) is 0 Å². The minimum atomic E-state index is -0.109. The van der Waals surface area contributed by atoms with Crippen molar-refractivity contribution in [1.82, 2.24) is 9.97 Å². The molecule has 0 bridgehead atoms. The Morgan fingerprint density at radius 3 is 2.53 bits per heavy atom. The van der Waals surface area contributed by atoms with Gasteiger partial charge in [0.25, 0.3) is 0 Å². The Kier molecular flexibility index (Phi) is 2.97. The van der Waals surface area contributed by atoms with Crippen molar-refractivity contribution in [3.8, 4) is 0 Å². The molecule has 0 saturated heterocycles. The second kappa shape index (κ2) is 4.78. The molecule has 0 N–H and O–H groups in total. The van der Waals surface area contributed by atoms with E-state index in [1.54, 1.807) is 18.3 Å². The van der Waals surface area contributed by atoms with Gasteiger partial charge in [0.15, 0.2) is 5.78 Å². The smallest absolute Gasteiger partial charge is 0.196 e. The Hall–Kier alpha value is -2.26. The maximum Gasteiger partial charge on any atom is 0.196 e. The van der Waals surface area contributed by atoms with E-state index in [4.69, 9.17) is 11.6 Å². The van der Waals surface area contributed by atoms with Gasteiger partial charge >= 0.3 is 0 Å². The summed E-state index contributed by atoms with van der Waals surface area (Å²) in [5, 5.41) is 1.31. The summed E-state index contributed by atoms with van der Waals surface area (Å²) in [7, 11) is 0. The highest BCUT2D eigenvalue weighted by Gasteiger charge is 2.10. The molecule has 92 valence electrons. The number of pyridine rings is 2. The Morgan fingerprint density at radius 2 is 1.74 bits per heavy atom. The second-order valence-corrected chi connectivity index (χ2v) is 4.50. The van der Waals surface area contributed by atoms with E-state index in [1.807, 2.05) is 30.3 Å². The molecule has 0 atom stereocenters. The molecule has 0 spiro atoms. The lowest BCUT2D eigenvalue weighted by molar-refractivity contribution is 0.103. The van der Waals surface area contributed by atoms with E-state index in [0.717, 1.165) is 10.9 Å². The molecule has 19 heavy (non-hydrogen) atoms. The van der Waals surface area contributed by atoms with Crippen molar-refractivity contribution in [2.75, 3.05) is 0 Å². The zero-order valence-corrected chi connectivity index (χ0v) is 10.6. The zero-order valence-electron chi connectivity index (χ0n) is 9.88. The highest BCUT2D eigenvalue weighted by molar-refractivity contribution is 6.29. The SMILES string of the molecule is O=C(c1ccc(Cl)nc1)c1cnc2ccccc2c1. The summed E-state index contributed by atoms with van der Waals surface area (Å²) in [5.74, 6) is -0.109. The van der Waals surface area contributed by atoms with E-state index < -0.39 is 0 Å². The van der Waals surface area contributed by atoms with Gasteiger partial charge in [-0.2, -0.15) is 0 Å². The first kappa shape index (κ1) is 11.8. The molecule has 0 aliphatic carbocycles. The second-order valence-electron chi connectivity index (χ2n) is 4.12. The molecule has 0 unspecified atom stereocenters. The van der Waals surface area contributed by atoms with Crippen LogP contribution >= 0.6 is 11.6 Å². The van der Waals surface area contributed by atoms with Gasteiger partial charge in [0.2, 0.25) is 0 Å². The molecule has 2 heterocycles. The van der Waals surface area contributed by atoms with E-state index in [0.29, 0.717) is 16.3 Å². The fourth-order valence-electron chi connectivity index (χ4n) is 1.87. The average Bonchev–Trinajstić information content (AvgIpc) is 2.47. The molecule has 0 radical (unpaired) electrons. The van der Waals surface area contributed by atoms with Crippen molar-refractivity contribution in [1.29, 1.82) is 0 Å². The van der Waals surface area contributed by atoms with Crippen LogP contribution in [0.25, 0.3) is 10.9 Å². The number of para-hydroxylation sites is 1. The van der Waals surface area contributed by atoms with E-state index in [9.17, 15) is 4.79 Å². The lowest BCUT2D eigenvalue weighted by atomic mass is 10.1. The first-order valence-electron chi connectivity index (χ1n) is 5.75. The third-order valence-electron chi connectivity index (χ3n) is 2.84. The third-order valence-corrected chi connectivity index (χ3v) is 3.07. The number of hydrogen-bond donors (Lipinski definition) is 0. The van der Waals surface area contributed by atoms with Crippen LogP contribution in [0.4, 0.5) is 0 Å². The molecule has 0 saturated carbocycles. The summed E-state index contributed by atoms with van der Waals surface area (Å²) < 4.78 is 0. The molecule has 3 aromatic rings. The maximum absolute atomic E-state index is 12.3. The van der Waals surface area contributed by atoms with Gasteiger partial charge in [-0.05, 0) is 24.3 Å². The van der Waals surface area contributed by atoms with E-state index >= 15 is 0 Å². The summed E-state index contributed by atoms with van der Waals surface area (Å²) >= 11 is 5.71. The normalized spacial score (nSPS) is 10.6. The molecule has 0 aliphatic heterocycles. The Labute approximate surface area is 114 Å². The lowest BCUT2D eigenvalue weighted by Gasteiger charge is -2.02. The number of nitrogens with zero attached hydrogens (tertiary/aromatic N) is 2. The van der Waals surface area contributed by atoms with E-state index in [-0.39, 0.29) is 5.78 Å². The van der Waals surface area contributed by atoms with Crippen LogP contribution in [0, 0.1) is 0 Å². The van der Waals surface area contributed by atoms with Gasteiger partial charge in [-0.1, -0.05) is 29.8 Å². The Balaban J connectivity index is 2.04. The van der Waals surface area contributed by atoms with Crippen LogP contribution in [-0.4, -0.2) is 15.8 Å². The van der Waals surface area contributed by atoms with Gasteiger partial charge in [-0.15, -0.1) is 0 Å². The summed E-state index contributed by atoms with van der Waals surface area (Å²) in [5.41, 5.74) is 1.91. The number of rotatable bonds is 2. The summed E-state index contributed by atoms with van der Waals surface area (Å²) in [6.45, 7) is 0. The van der Waals surface area contributed by atoms with Crippen molar-refractivity contribution < 1.29 is 4.79 Å². The number of benzene rings is 1. The highest BCUT2D eigenvalue weighted by Crippen LogP contribution is 2.16. The van der Waals surface area contributed by atoms with Gasteiger partial charge in [0.1, 0.15) is 5.15 Å². The average molecular weight is 269 g/mol. The molecule has 3 rings (SSSR count). The summed E-state index contributed by atoms with van der Waals surface area (Å²) in [6, 6.07) is 12.8.